The topological polar surface area (TPSA) is 58.2 Å². The van der Waals surface area contributed by atoms with E-state index in [2.05, 4.69) is 10.0 Å². The Morgan fingerprint density at radius 3 is 2.75 bits per heavy atom. The summed E-state index contributed by atoms with van der Waals surface area (Å²) in [6.07, 6.45) is 1.83. The van der Waals surface area contributed by atoms with Gasteiger partial charge in [-0.25, -0.2) is 13.1 Å². The van der Waals surface area contributed by atoms with Crippen LogP contribution in [0.25, 0.3) is 0 Å². The quantitative estimate of drug-likeness (QED) is 0.897. The molecule has 0 saturated carbocycles. The number of sulfonamides is 1. The van der Waals surface area contributed by atoms with Crippen LogP contribution in [-0.4, -0.2) is 27.5 Å². The van der Waals surface area contributed by atoms with Gasteiger partial charge in [0, 0.05) is 12.6 Å². The molecule has 1 aliphatic heterocycles. The highest BCUT2D eigenvalue weighted by atomic mass is 35.5. The third kappa shape index (κ3) is 3.73. The second-order valence-corrected chi connectivity index (χ2v) is 7.60. The summed E-state index contributed by atoms with van der Waals surface area (Å²) in [4.78, 5) is 0.177. The predicted molar refractivity (Wildman–Crippen MR) is 81.8 cm³/mol. The fourth-order valence-electron chi connectivity index (χ4n) is 2.32. The highest BCUT2D eigenvalue weighted by Crippen LogP contribution is 2.26. The Morgan fingerprint density at radius 2 is 2.15 bits per heavy atom. The summed E-state index contributed by atoms with van der Waals surface area (Å²) < 4.78 is 27.7. The van der Waals surface area contributed by atoms with E-state index >= 15 is 0 Å². The largest absolute Gasteiger partial charge is 0.315 e. The zero-order chi connectivity index (χ0) is 14.8. The lowest BCUT2D eigenvalue weighted by molar-refractivity contribution is 0.428. The molecule has 0 bridgehead atoms. The van der Waals surface area contributed by atoms with Gasteiger partial charge < -0.3 is 5.32 Å². The molecule has 1 unspecified atom stereocenters. The normalized spacial score (nSPS) is 20.3. The molecule has 0 aromatic heterocycles. The van der Waals surface area contributed by atoms with Crippen molar-refractivity contribution >= 4 is 21.6 Å². The van der Waals surface area contributed by atoms with Gasteiger partial charge in [-0.1, -0.05) is 31.5 Å². The fourth-order valence-corrected chi connectivity index (χ4v) is 4.13. The van der Waals surface area contributed by atoms with Gasteiger partial charge in [0.2, 0.25) is 10.0 Å². The smallest absolute Gasteiger partial charge is 0.242 e. The average molecular weight is 317 g/mol. The fraction of sp³-hybridized carbons (Fsp3) is 0.571. The van der Waals surface area contributed by atoms with E-state index < -0.39 is 10.0 Å². The van der Waals surface area contributed by atoms with Crippen LogP contribution in [0.1, 0.15) is 38.2 Å². The average Bonchev–Trinajstić information content (AvgIpc) is 2.39. The molecular formula is C14H21ClN2O2S. The standard InChI is InChI=1S/C14H21ClN2O2S/c1-10(2)11-5-6-13(15)14(8-11)20(18,19)17-12-4-3-7-16-9-12/h5-6,8,10,12,16-17H,3-4,7,9H2,1-2H3. The molecule has 1 saturated heterocycles. The van der Waals surface area contributed by atoms with Crippen molar-refractivity contribution in [3.63, 3.8) is 0 Å². The third-order valence-electron chi connectivity index (χ3n) is 3.53. The van der Waals surface area contributed by atoms with Gasteiger partial charge in [-0.05, 0) is 43.0 Å². The SMILES string of the molecule is CC(C)c1ccc(Cl)c(S(=O)(=O)NC2CCCNC2)c1. The van der Waals surface area contributed by atoms with E-state index in [0.717, 1.165) is 24.9 Å². The van der Waals surface area contributed by atoms with Crippen molar-refractivity contribution in [2.24, 2.45) is 0 Å². The lowest BCUT2D eigenvalue weighted by atomic mass is 10.0. The monoisotopic (exact) mass is 316 g/mol. The zero-order valence-electron chi connectivity index (χ0n) is 11.8. The Bertz CT molecular complexity index is 567. The van der Waals surface area contributed by atoms with Crippen LogP contribution in [0.4, 0.5) is 0 Å². The minimum atomic E-state index is -3.57. The van der Waals surface area contributed by atoms with Crippen LogP contribution in [0.2, 0.25) is 5.02 Å². The number of hydrogen-bond acceptors (Lipinski definition) is 3. The highest BCUT2D eigenvalue weighted by molar-refractivity contribution is 7.89. The van der Waals surface area contributed by atoms with Crippen molar-refractivity contribution in [3.8, 4) is 0 Å². The van der Waals surface area contributed by atoms with Crippen molar-refractivity contribution < 1.29 is 8.42 Å². The first-order chi connectivity index (χ1) is 9.40. The minimum absolute atomic E-state index is 0.0625. The molecule has 0 aliphatic carbocycles. The Morgan fingerprint density at radius 1 is 1.40 bits per heavy atom. The summed E-state index contributed by atoms with van der Waals surface area (Å²) in [6, 6.07) is 5.14. The molecule has 2 rings (SSSR count). The van der Waals surface area contributed by atoms with E-state index in [9.17, 15) is 8.42 Å². The molecule has 1 atom stereocenters. The van der Waals surface area contributed by atoms with Crippen molar-refractivity contribution in [2.45, 2.75) is 43.5 Å². The van der Waals surface area contributed by atoms with Crippen LogP contribution in [-0.2, 0) is 10.0 Å². The third-order valence-corrected chi connectivity index (χ3v) is 5.53. The van der Waals surface area contributed by atoms with Crippen LogP contribution >= 0.6 is 11.6 Å². The Kier molecular flexibility index (Phi) is 5.07. The first kappa shape index (κ1) is 15.8. The van der Waals surface area contributed by atoms with Gasteiger partial charge in [-0.2, -0.15) is 0 Å². The summed E-state index contributed by atoms with van der Waals surface area (Å²) in [6.45, 7) is 5.67. The molecule has 0 amide bonds. The van der Waals surface area contributed by atoms with Crippen molar-refractivity contribution in [1.29, 1.82) is 0 Å². The van der Waals surface area contributed by atoms with Gasteiger partial charge in [0.25, 0.3) is 0 Å². The minimum Gasteiger partial charge on any atom is -0.315 e. The van der Waals surface area contributed by atoms with E-state index in [0.29, 0.717) is 6.54 Å². The number of halogens is 1. The van der Waals surface area contributed by atoms with E-state index in [-0.39, 0.29) is 21.9 Å². The van der Waals surface area contributed by atoms with Crippen LogP contribution < -0.4 is 10.0 Å². The van der Waals surface area contributed by atoms with Crippen LogP contribution in [0.15, 0.2) is 23.1 Å². The van der Waals surface area contributed by atoms with Crippen molar-refractivity contribution in [1.82, 2.24) is 10.0 Å². The molecule has 0 radical (unpaired) electrons. The Hall–Kier alpha value is -0.620. The molecule has 1 aromatic rings. The van der Waals surface area contributed by atoms with Gasteiger partial charge in [0.15, 0.2) is 0 Å². The highest BCUT2D eigenvalue weighted by Gasteiger charge is 2.24. The van der Waals surface area contributed by atoms with E-state index in [1.807, 2.05) is 19.9 Å². The summed E-state index contributed by atoms with van der Waals surface area (Å²) in [5.41, 5.74) is 0.969. The second kappa shape index (κ2) is 6.43. The van der Waals surface area contributed by atoms with Gasteiger partial charge in [-0.15, -0.1) is 0 Å². The lowest BCUT2D eigenvalue weighted by Gasteiger charge is -2.24. The zero-order valence-corrected chi connectivity index (χ0v) is 13.4. The molecular weight excluding hydrogens is 296 g/mol. The number of piperidine rings is 1. The molecule has 4 nitrogen and oxygen atoms in total. The first-order valence-corrected chi connectivity index (χ1v) is 8.79. The van der Waals surface area contributed by atoms with E-state index in [4.69, 9.17) is 11.6 Å². The molecule has 6 heteroatoms. The molecule has 112 valence electrons. The predicted octanol–water partition coefficient (Wildman–Crippen LogP) is 2.49. The van der Waals surface area contributed by atoms with Crippen LogP contribution in [0, 0.1) is 0 Å². The van der Waals surface area contributed by atoms with Gasteiger partial charge in [0.1, 0.15) is 4.90 Å². The summed E-state index contributed by atoms with van der Waals surface area (Å²) in [5.74, 6) is 0.262. The van der Waals surface area contributed by atoms with Crippen LogP contribution in [0.5, 0.6) is 0 Å². The van der Waals surface area contributed by atoms with Crippen LogP contribution in [0.3, 0.4) is 0 Å². The Balaban J connectivity index is 2.26. The summed E-state index contributed by atoms with van der Waals surface area (Å²) >= 11 is 6.07. The number of benzene rings is 1. The van der Waals surface area contributed by atoms with Gasteiger partial charge in [0.05, 0.1) is 5.02 Å². The Labute approximate surface area is 126 Å². The lowest BCUT2D eigenvalue weighted by Crippen LogP contribution is -2.45. The van der Waals surface area contributed by atoms with E-state index in [1.165, 1.54) is 0 Å². The molecule has 1 aromatic carbocycles. The number of nitrogens with one attached hydrogen (secondary N) is 2. The second-order valence-electron chi connectivity index (χ2n) is 5.51. The van der Waals surface area contributed by atoms with Crippen molar-refractivity contribution in [2.75, 3.05) is 13.1 Å². The molecule has 1 fully saturated rings. The molecule has 20 heavy (non-hydrogen) atoms. The van der Waals surface area contributed by atoms with Gasteiger partial charge >= 0.3 is 0 Å². The maximum atomic E-state index is 12.5. The molecule has 2 N–H and O–H groups in total. The van der Waals surface area contributed by atoms with Crippen molar-refractivity contribution in [3.05, 3.63) is 28.8 Å². The molecule has 1 heterocycles. The number of rotatable bonds is 4. The molecule has 0 spiro atoms. The first-order valence-electron chi connectivity index (χ1n) is 6.92. The maximum absolute atomic E-state index is 12.5. The maximum Gasteiger partial charge on any atom is 0.242 e. The summed E-state index contributed by atoms with van der Waals surface area (Å²) in [5, 5.41) is 3.46. The number of hydrogen-bond donors (Lipinski definition) is 2. The summed E-state index contributed by atoms with van der Waals surface area (Å²) in [7, 11) is -3.57. The molecule has 1 aliphatic rings. The van der Waals surface area contributed by atoms with E-state index in [1.54, 1.807) is 12.1 Å². The van der Waals surface area contributed by atoms with Gasteiger partial charge in [-0.3, -0.25) is 0 Å².